The van der Waals surface area contributed by atoms with Crippen molar-refractivity contribution in [3.63, 3.8) is 0 Å². The Morgan fingerprint density at radius 1 is 1.03 bits per heavy atom. The molecule has 3 aromatic carbocycles. The molecule has 2 heterocycles. The van der Waals surface area contributed by atoms with Crippen molar-refractivity contribution in [1.82, 2.24) is 15.2 Å². The fraction of sp³-hybridized carbons (Fsp3) is 0.286. The lowest BCUT2D eigenvalue weighted by Crippen LogP contribution is -2.48. The van der Waals surface area contributed by atoms with E-state index in [2.05, 4.69) is 22.0 Å². The Hall–Kier alpha value is -3.18. The number of thiazole rings is 1. The van der Waals surface area contributed by atoms with Gasteiger partial charge in [0.2, 0.25) is 0 Å². The average molecular weight is 584 g/mol. The molecule has 4 aromatic rings. The van der Waals surface area contributed by atoms with Crippen molar-refractivity contribution in [1.29, 1.82) is 0 Å². The maximum atomic E-state index is 13.0. The van der Waals surface area contributed by atoms with Gasteiger partial charge in [-0.3, -0.25) is 14.0 Å². The molecular weight excluding hydrogens is 554 g/mol. The first-order chi connectivity index (χ1) is 18.7. The molecule has 0 saturated carbocycles. The third-order valence-electron chi connectivity index (χ3n) is 6.94. The number of carbonyl (C=O) groups excluding carboxylic acids is 1. The van der Waals surface area contributed by atoms with E-state index in [0.29, 0.717) is 17.8 Å². The Kier molecular flexibility index (Phi) is 8.08. The van der Waals surface area contributed by atoms with Crippen molar-refractivity contribution in [2.24, 2.45) is 0 Å². The molecule has 1 saturated heterocycles. The van der Waals surface area contributed by atoms with Crippen molar-refractivity contribution < 1.29 is 13.2 Å². The van der Waals surface area contributed by atoms with Crippen LogP contribution in [0, 0.1) is 6.92 Å². The molecule has 8 nitrogen and oxygen atoms in total. The molecule has 1 aliphatic heterocycles. The van der Waals surface area contributed by atoms with Gasteiger partial charge in [-0.1, -0.05) is 47.2 Å². The minimum Gasteiger partial charge on any atom is -0.351 e. The quantitative estimate of drug-likeness (QED) is 0.325. The van der Waals surface area contributed by atoms with Crippen LogP contribution in [-0.2, 0) is 10.0 Å². The molecule has 1 aromatic heterocycles. The summed E-state index contributed by atoms with van der Waals surface area (Å²) in [6.45, 7) is 6.76. The molecule has 5 rings (SSSR count). The second-order valence-corrected chi connectivity index (χ2v) is 12.8. The van der Waals surface area contributed by atoms with E-state index in [-0.39, 0.29) is 10.8 Å². The van der Waals surface area contributed by atoms with E-state index in [1.165, 1.54) is 23.5 Å². The van der Waals surface area contributed by atoms with Gasteiger partial charge in [0.05, 0.1) is 25.8 Å². The molecule has 1 N–H and O–H groups in total. The minimum absolute atomic E-state index is 0.133. The number of para-hydroxylation sites is 1. The van der Waals surface area contributed by atoms with E-state index in [1.54, 1.807) is 47.7 Å². The van der Waals surface area contributed by atoms with Crippen molar-refractivity contribution in [3.05, 3.63) is 82.9 Å². The number of nitrogens with one attached hydrogen (secondary N) is 1. The van der Waals surface area contributed by atoms with Gasteiger partial charge < -0.3 is 10.2 Å². The molecule has 39 heavy (non-hydrogen) atoms. The van der Waals surface area contributed by atoms with Crippen molar-refractivity contribution in [3.8, 4) is 0 Å². The van der Waals surface area contributed by atoms with Gasteiger partial charge in [0.25, 0.3) is 15.9 Å². The monoisotopic (exact) mass is 583 g/mol. The Morgan fingerprint density at radius 3 is 2.38 bits per heavy atom. The standard InChI is InChI=1S/C28H30ClN5O3S2/c1-20-8-13-24(29)26-25(20)31-28(38-26)34-18-16-33(17-19-34)15-14-30-27(35)21-9-11-23(12-10-21)39(36,37)32(2)22-6-4-3-5-7-22/h3-13H,14-19H2,1-2H3,(H,30,35). The second kappa shape index (κ2) is 11.5. The number of sulfonamides is 1. The third-order valence-corrected chi connectivity index (χ3v) is 10.3. The number of aromatic nitrogens is 1. The van der Waals surface area contributed by atoms with Gasteiger partial charge in [0, 0.05) is 51.9 Å². The third kappa shape index (κ3) is 5.89. The lowest BCUT2D eigenvalue weighted by molar-refractivity contribution is 0.0947. The maximum Gasteiger partial charge on any atom is 0.264 e. The molecular formula is C28H30ClN5O3S2. The van der Waals surface area contributed by atoms with Crippen LogP contribution in [0.4, 0.5) is 10.8 Å². The van der Waals surface area contributed by atoms with E-state index in [1.807, 2.05) is 18.2 Å². The van der Waals surface area contributed by atoms with Crippen LogP contribution in [0.15, 0.2) is 71.6 Å². The molecule has 1 amide bonds. The SMILES string of the molecule is Cc1ccc(Cl)c2sc(N3CCN(CCNC(=O)c4ccc(S(=O)(=O)N(C)c5ccccc5)cc4)CC3)nc12. The van der Waals surface area contributed by atoms with Gasteiger partial charge in [-0.2, -0.15) is 0 Å². The summed E-state index contributed by atoms with van der Waals surface area (Å²) < 4.78 is 28.2. The van der Waals surface area contributed by atoms with Crippen LogP contribution >= 0.6 is 22.9 Å². The molecule has 0 spiro atoms. The fourth-order valence-corrected chi connectivity index (χ4v) is 7.10. The Morgan fingerprint density at radius 2 is 1.72 bits per heavy atom. The van der Waals surface area contributed by atoms with Gasteiger partial charge in [-0.25, -0.2) is 13.4 Å². The van der Waals surface area contributed by atoms with Gasteiger partial charge in [-0.05, 0) is 55.0 Å². The lowest BCUT2D eigenvalue weighted by atomic mass is 10.2. The molecule has 0 unspecified atom stereocenters. The van der Waals surface area contributed by atoms with Crippen LogP contribution in [0.25, 0.3) is 10.2 Å². The molecule has 0 atom stereocenters. The maximum absolute atomic E-state index is 13.0. The zero-order valence-electron chi connectivity index (χ0n) is 21.8. The predicted octanol–water partition coefficient (Wildman–Crippen LogP) is 4.64. The van der Waals surface area contributed by atoms with E-state index < -0.39 is 10.0 Å². The lowest BCUT2D eigenvalue weighted by Gasteiger charge is -2.34. The summed E-state index contributed by atoms with van der Waals surface area (Å²) >= 11 is 8.01. The van der Waals surface area contributed by atoms with Gasteiger partial charge in [0.1, 0.15) is 0 Å². The highest BCUT2D eigenvalue weighted by molar-refractivity contribution is 7.92. The van der Waals surface area contributed by atoms with E-state index in [9.17, 15) is 13.2 Å². The topological polar surface area (TPSA) is 85.8 Å². The largest absolute Gasteiger partial charge is 0.351 e. The van der Waals surface area contributed by atoms with Gasteiger partial charge in [-0.15, -0.1) is 0 Å². The first kappa shape index (κ1) is 27.4. The number of aryl methyl sites for hydroxylation is 1. The minimum atomic E-state index is -3.72. The predicted molar refractivity (Wildman–Crippen MR) is 159 cm³/mol. The number of anilines is 2. The fourth-order valence-electron chi connectivity index (χ4n) is 4.53. The van der Waals surface area contributed by atoms with E-state index in [0.717, 1.165) is 58.7 Å². The summed E-state index contributed by atoms with van der Waals surface area (Å²) in [5.41, 5.74) is 3.09. The van der Waals surface area contributed by atoms with E-state index in [4.69, 9.17) is 16.6 Å². The van der Waals surface area contributed by atoms with E-state index >= 15 is 0 Å². The van der Waals surface area contributed by atoms with Crippen LogP contribution in [0.3, 0.4) is 0 Å². The molecule has 0 aliphatic carbocycles. The van der Waals surface area contributed by atoms with Crippen LogP contribution in [0.2, 0.25) is 5.02 Å². The number of halogens is 1. The summed E-state index contributed by atoms with van der Waals surface area (Å²) in [4.78, 5) is 22.2. The first-order valence-corrected chi connectivity index (χ1v) is 15.3. The number of piperazine rings is 1. The van der Waals surface area contributed by atoms with Gasteiger partial charge >= 0.3 is 0 Å². The Labute approximate surface area is 237 Å². The molecule has 1 aliphatic rings. The summed E-state index contributed by atoms with van der Waals surface area (Å²) in [6, 6.07) is 18.8. The van der Waals surface area contributed by atoms with Crippen LogP contribution in [-0.4, -0.2) is 70.5 Å². The van der Waals surface area contributed by atoms with Gasteiger partial charge in [0.15, 0.2) is 5.13 Å². The summed E-state index contributed by atoms with van der Waals surface area (Å²) in [5, 5.41) is 4.68. The number of rotatable bonds is 8. The van der Waals surface area contributed by atoms with Crippen LogP contribution < -0.4 is 14.5 Å². The molecule has 1 fully saturated rings. The smallest absolute Gasteiger partial charge is 0.264 e. The highest BCUT2D eigenvalue weighted by Crippen LogP contribution is 2.35. The van der Waals surface area contributed by atoms with Crippen LogP contribution in [0.5, 0.6) is 0 Å². The van der Waals surface area contributed by atoms with Crippen molar-refractivity contribution in [2.45, 2.75) is 11.8 Å². The summed E-state index contributed by atoms with van der Waals surface area (Å²) in [7, 11) is -2.21. The summed E-state index contributed by atoms with van der Waals surface area (Å²) in [5.74, 6) is -0.226. The highest BCUT2D eigenvalue weighted by Gasteiger charge is 2.23. The number of fused-ring (bicyclic) bond motifs is 1. The van der Waals surface area contributed by atoms with Crippen LogP contribution in [0.1, 0.15) is 15.9 Å². The number of hydrogen-bond acceptors (Lipinski definition) is 7. The average Bonchev–Trinajstić information content (AvgIpc) is 3.42. The zero-order chi connectivity index (χ0) is 27.6. The number of benzene rings is 3. The van der Waals surface area contributed by atoms with Crippen molar-refractivity contribution in [2.75, 3.05) is 55.5 Å². The Balaban J connectivity index is 1.11. The highest BCUT2D eigenvalue weighted by atomic mass is 35.5. The molecule has 0 bridgehead atoms. The number of nitrogens with zero attached hydrogens (tertiary/aromatic N) is 4. The first-order valence-electron chi connectivity index (χ1n) is 12.7. The number of carbonyl (C=O) groups is 1. The van der Waals surface area contributed by atoms with Crippen molar-refractivity contribution >= 4 is 59.9 Å². The molecule has 204 valence electrons. The molecule has 11 heteroatoms. The zero-order valence-corrected chi connectivity index (χ0v) is 24.2. The number of hydrogen-bond donors (Lipinski definition) is 1. The molecule has 0 radical (unpaired) electrons. The summed E-state index contributed by atoms with van der Waals surface area (Å²) in [6.07, 6.45) is 0. The second-order valence-electron chi connectivity index (χ2n) is 9.46. The normalized spacial score (nSPS) is 14.5. The Bertz CT molecular complexity index is 1530. The number of amides is 1.